The highest BCUT2D eigenvalue weighted by molar-refractivity contribution is 7.14. The lowest BCUT2D eigenvalue weighted by molar-refractivity contribution is -0.153. The van der Waals surface area contributed by atoms with Crippen LogP contribution in [-0.2, 0) is 20.5 Å². The number of esters is 1. The Hall–Kier alpha value is -2.68. The van der Waals surface area contributed by atoms with Gasteiger partial charge in [-0.3, -0.25) is 14.4 Å². The number of ether oxygens (including phenoxy) is 1. The summed E-state index contributed by atoms with van der Waals surface area (Å²) in [5, 5.41) is 2.37. The van der Waals surface area contributed by atoms with Crippen LogP contribution in [0.25, 0.3) is 0 Å². The van der Waals surface area contributed by atoms with E-state index in [-0.39, 0.29) is 24.3 Å². The van der Waals surface area contributed by atoms with Crippen LogP contribution in [0.4, 0.5) is 18.9 Å². The van der Waals surface area contributed by atoms with Crippen molar-refractivity contribution in [1.82, 2.24) is 0 Å². The van der Waals surface area contributed by atoms with Gasteiger partial charge in [0.15, 0.2) is 11.9 Å². The first-order valence-corrected chi connectivity index (χ1v) is 9.15. The van der Waals surface area contributed by atoms with Crippen molar-refractivity contribution in [3.05, 3.63) is 51.7 Å². The Kier molecular flexibility index (Phi) is 6.95. The van der Waals surface area contributed by atoms with Crippen molar-refractivity contribution < 1.29 is 32.3 Å². The van der Waals surface area contributed by atoms with Crippen molar-refractivity contribution in [2.75, 3.05) is 5.32 Å². The van der Waals surface area contributed by atoms with Gasteiger partial charge in [0, 0.05) is 17.0 Å². The first-order valence-electron chi connectivity index (χ1n) is 8.33. The molecule has 0 radical (unpaired) electrons. The predicted molar refractivity (Wildman–Crippen MR) is 98.2 cm³/mol. The first-order chi connectivity index (χ1) is 13.1. The fourth-order valence-corrected chi connectivity index (χ4v) is 3.05. The third kappa shape index (κ3) is 6.19. The molecule has 1 amide bonds. The van der Waals surface area contributed by atoms with Gasteiger partial charge in [-0.15, -0.1) is 11.3 Å². The fourth-order valence-electron chi connectivity index (χ4n) is 2.22. The molecule has 0 saturated carbocycles. The van der Waals surface area contributed by atoms with Gasteiger partial charge in [-0.05, 0) is 50.2 Å². The lowest BCUT2D eigenvalue weighted by Crippen LogP contribution is -2.30. The van der Waals surface area contributed by atoms with Crippen LogP contribution in [0.3, 0.4) is 0 Å². The summed E-state index contributed by atoms with van der Waals surface area (Å²) in [7, 11) is 0. The molecule has 0 unspecified atom stereocenters. The van der Waals surface area contributed by atoms with Crippen molar-refractivity contribution in [2.24, 2.45) is 0 Å². The number of hydrogen-bond donors (Lipinski definition) is 1. The minimum atomic E-state index is -4.47. The number of Topliss-reactive ketones (excluding diaryl/α,β-unsaturated/α-hetero) is 1. The Labute approximate surface area is 163 Å². The molecule has 2 aromatic rings. The molecule has 1 N–H and O–H groups in total. The van der Waals surface area contributed by atoms with E-state index in [0.29, 0.717) is 4.88 Å². The van der Waals surface area contributed by atoms with Gasteiger partial charge in [0.1, 0.15) is 0 Å². The van der Waals surface area contributed by atoms with E-state index in [9.17, 15) is 27.6 Å². The van der Waals surface area contributed by atoms with E-state index in [1.54, 1.807) is 6.07 Å². The van der Waals surface area contributed by atoms with Crippen molar-refractivity contribution >= 4 is 34.7 Å². The number of amides is 1. The van der Waals surface area contributed by atoms with E-state index in [0.717, 1.165) is 29.1 Å². The maximum Gasteiger partial charge on any atom is 0.416 e. The summed E-state index contributed by atoms with van der Waals surface area (Å²) in [4.78, 5) is 37.4. The molecule has 0 aliphatic heterocycles. The van der Waals surface area contributed by atoms with Crippen LogP contribution in [-0.4, -0.2) is 23.8 Å². The van der Waals surface area contributed by atoms with Gasteiger partial charge < -0.3 is 10.1 Å². The average molecular weight is 413 g/mol. The van der Waals surface area contributed by atoms with E-state index in [1.807, 2.05) is 13.0 Å². The summed E-state index contributed by atoms with van der Waals surface area (Å²) < 4.78 is 42.5. The van der Waals surface area contributed by atoms with E-state index in [1.165, 1.54) is 18.3 Å². The second kappa shape index (κ2) is 9.01. The monoisotopic (exact) mass is 413 g/mol. The van der Waals surface area contributed by atoms with Crippen molar-refractivity contribution in [1.29, 1.82) is 0 Å². The van der Waals surface area contributed by atoms with E-state index >= 15 is 0 Å². The molecule has 1 aromatic heterocycles. The zero-order valence-corrected chi connectivity index (χ0v) is 15.9. The third-order valence-corrected chi connectivity index (χ3v) is 4.77. The lowest BCUT2D eigenvalue weighted by Gasteiger charge is -2.14. The minimum absolute atomic E-state index is 0.0357. The largest absolute Gasteiger partial charge is 0.453 e. The smallest absolute Gasteiger partial charge is 0.416 e. The van der Waals surface area contributed by atoms with E-state index in [2.05, 4.69) is 5.32 Å². The number of benzene rings is 1. The van der Waals surface area contributed by atoms with E-state index < -0.39 is 29.7 Å². The summed E-state index contributed by atoms with van der Waals surface area (Å²) in [5.74, 6) is -1.58. The zero-order valence-electron chi connectivity index (χ0n) is 15.1. The van der Waals surface area contributed by atoms with Crippen molar-refractivity contribution in [3.8, 4) is 0 Å². The molecule has 0 bridgehead atoms. The number of rotatable bonds is 7. The molecule has 0 aliphatic carbocycles. The van der Waals surface area contributed by atoms with Crippen LogP contribution in [0, 0.1) is 6.92 Å². The van der Waals surface area contributed by atoms with Crippen LogP contribution in [0.5, 0.6) is 0 Å². The Morgan fingerprint density at radius 1 is 1.07 bits per heavy atom. The summed E-state index contributed by atoms with van der Waals surface area (Å²) >= 11 is 1.33. The van der Waals surface area contributed by atoms with Gasteiger partial charge in [-0.1, -0.05) is 0 Å². The maximum atomic E-state index is 12.5. The molecule has 0 saturated heterocycles. The van der Waals surface area contributed by atoms with Crippen LogP contribution in [0.15, 0.2) is 36.4 Å². The number of carbonyl (C=O) groups is 3. The van der Waals surface area contributed by atoms with Gasteiger partial charge in [0.2, 0.25) is 0 Å². The normalized spacial score (nSPS) is 12.3. The Bertz CT molecular complexity index is 859. The summed E-state index contributed by atoms with van der Waals surface area (Å²) in [6, 6.07) is 7.39. The Morgan fingerprint density at radius 2 is 1.71 bits per heavy atom. The van der Waals surface area contributed by atoms with Crippen LogP contribution in [0.1, 0.15) is 39.9 Å². The molecule has 2 rings (SSSR count). The standard InChI is InChI=1S/C19H18F3NO4S/c1-11-3-9-16(28-11)15(24)8-10-17(25)27-12(2)18(26)23-14-6-4-13(5-7-14)19(20,21)22/h3-7,9,12H,8,10H2,1-2H3,(H,23,26)/t12-/m0/s1. The molecule has 0 spiro atoms. The van der Waals surface area contributed by atoms with Crippen LogP contribution < -0.4 is 5.32 Å². The number of anilines is 1. The molecule has 0 aliphatic rings. The van der Waals surface area contributed by atoms with E-state index in [4.69, 9.17) is 4.74 Å². The number of aryl methyl sites for hydroxylation is 1. The number of thiophene rings is 1. The summed E-state index contributed by atoms with van der Waals surface area (Å²) in [6.45, 7) is 3.20. The number of hydrogen-bond acceptors (Lipinski definition) is 5. The Morgan fingerprint density at radius 3 is 2.25 bits per heavy atom. The predicted octanol–water partition coefficient (Wildman–Crippen LogP) is 4.61. The average Bonchev–Trinajstić information content (AvgIpc) is 3.05. The van der Waals surface area contributed by atoms with Crippen LogP contribution in [0.2, 0.25) is 0 Å². The second-order valence-electron chi connectivity index (χ2n) is 6.03. The van der Waals surface area contributed by atoms with Crippen molar-refractivity contribution in [2.45, 2.75) is 39.0 Å². The number of alkyl halides is 3. The van der Waals surface area contributed by atoms with Gasteiger partial charge in [0.05, 0.1) is 16.9 Å². The second-order valence-corrected chi connectivity index (χ2v) is 7.32. The molecular formula is C19H18F3NO4S. The Balaban J connectivity index is 1.81. The minimum Gasteiger partial charge on any atom is -0.453 e. The fraction of sp³-hybridized carbons (Fsp3) is 0.316. The highest BCUT2D eigenvalue weighted by Gasteiger charge is 2.30. The summed E-state index contributed by atoms with van der Waals surface area (Å²) in [6.07, 6.45) is -5.83. The molecule has 1 aromatic carbocycles. The van der Waals surface area contributed by atoms with Crippen molar-refractivity contribution in [3.63, 3.8) is 0 Å². The highest BCUT2D eigenvalue weighted by atomic mass is 32.1. The molecule has 1 atom stereocenters. The molecule has 0 fully saturated rings. The number of nitrogens with one attached hydrogen (secondary N) is 1. The molecule has 9 heteroatoms. The zero-order chi connectivity index (χ0) is 20.9. The molecule has 5 nitrogen and oxygen atoms in total. The summed E-state index contributed by atoms with van der Waals surface area (Å²) in [5.41, 5.74) is -0.695. The van der Waals surface area contributed by atoms with Gasteiger partial charge >= 0.3 is 12.1 Å². The van der Waals surface area contributed by atoms with Gasteiger partial charge in [-0.25, -0.2) is 0 Å². The maximum absolute atomic E-state index is 12.5. The first kappa shape index (κ1) is 21.6. The lowest BCUT2D eigenvalue weighted by atomic mass is 10.2. The molecule has 150 valence electrons. The molecule has 1 heterocycles. The molecular weight excluding hydrogens is 395 g/mol. The topological polar surface area (TPSA) is 72.5 Å². The SMILES string of the molecule is Cc1ccc(C(=O)CCC(=O)O[C@@H](C)C(=O)Nc2ccc(C(F)(F)F)cc2)s1. The molecule has 28 heavy (non-hydrogen) atoms. The van der Waals surface area contributed by atoms with Gasteiger partial charge in [-0.2, -0.15) is 13.2 Å². The number of halogens is 3. The van der Waals surface area contributed by atoms with Gasteiger partial charge in [0.25, 0.3) is 5.91 Å². The number of ketones is 1. The highest BCUT2D eigenvalue weighted by Crippen LogP contribution is 2.29. The number of carbonyl (C=O) groups excluding carboxylic acids is 3. The van der Waals surface area contributed by atoms with Crippen LogP contribution >= 0.6 is 11.3 Å². The third-order valence-electron chi connectivity index (χ3n) is 3.73. The quantitative estimate of drug-likeness (QED) is 0.532.